The maximum atomic E-state index is 12.2. The molecule has 20 heavy (non-hydrogen) atoms. The molecule has 0 saturated carbocycles. The molecular weight excluding hydrogens is 276 g/mol. The summed E-state index contributed by atoms with van der Waals surface area (Å²) in [5, 5.41) is 3.40. The first-order valence-electron chi connectivity index (χ1n) is 6.98. The van der Waals surface area contributed by atoms with Crippen LogP contribution in [0.3, 0.4) is 0 Å². The van der Waals surface area contributed by atoms with Gasteiger partial charge in [0.15, 0.2) is 5.75 Å². The fourth-order valence-corrected chi connectivity index (χ4v) is 2.50. The molecule has 2 rings (SSSR count). The van der Waals surface area contributed by atoms with Crippen molar-refractivity contribution in [1.82, 2.24) is 4.90 Å². The number of rotatable bonds is 3. The molecule has 1 unspecified atom stereocenters. The van der Waals surface area contributed by atoms with Crippen LogP contribution in [0.5, 0.6) is 5.75 Å². The van der Waals surface area contributed by atoms with Crippen molar-refractivity contribution in [2.75, 3.05) is 18.4 Å². The Balaban J connectivity index is 2.12. The molecule has 0 spiro atoms. The maximum absolute atomic E-state index is 12.2. The van der Waals surface area contributed by atoms with E-state index in [9.17, 15) is 4.79 Å². The summed E-state index contributed by atoms with van der Waals surface area (Å²) >= 11 is 6.15. The largest absolute Gasteiger partial charge is 0.487 e. The quantitative estimate of drug-likeness (QED) is 0.916. The van der Waals surface area contributed by atoms with Crippen LogP contribution in [0.2, 0.25) is 5.02 Å². The minimum absolute atomic E-state index is 0.00244. The van der Waals surface area contributed by atoms with Crippen molar-refractivity contribution in [1.29, 1.82) is 0 Å². The fraction of sp³-hybridized carbons (Fsp3) is 0.533. The third-order valence-corrected chi connectivity index (χ3v) is 3.57. The molecule has 1 aliphatic heterocycles. The van der Waals surface area contributed by atoms with Gasteiger partial charge in [-0.2, -0.15) is 0 Å². The molecule has 110 valence electrons. The van der Waals surface area contributed by atoms with Gasteiger partial charge in [0.05, 0.1) is 16.8 Å². The zero-order valence-corrected chi connectivity index (χ0v) is 12.9. The Morgan fingerprint density at radius 1 is 1.50 bits per heavy atom. The van der Waals surface area contributed by atoms with E-state index in [0.717, 1.165) is 19.5 Å². The lowest BCUT2D eigenvalue weighted by atomic mass is 10.2. The Morgan fingerprint density at radius 3 is 2.85 bits per heavy atom. The Bertz CT molecular complexity index is 491. The minimum atomic E-state index is -0.0924. The topological polar surface area (TPSA) is 41.6 Å². The summed E-state index contributed by atoms with van der Waals surface area (Å²) in [6.07, 6.45) is 1.05. The van der Waals surface area contributed by atoms with Gasteiger partial charge in [-0.1, -0.05) is 24.6 Å². The molecule has 1 aromatic carbocycles. The lowest BCUT2D eigenvalue weighted by Crippen LogP contribution is -2.33. The van der Waals surface area contributed by atoms with Crippen LogP contribution in [0.15, 0.2) is 18.2 Å². The Hall–Kier alpha value is -1.42. The second-order valence-electron chi connectivity index (χ2n) is 5.55. The predicted molar refractivity (Wildman–Crippen MR) is 81.6 cm³/mol. The van der Waals surface area contributed by atoms with Crippen LogP contribution in [0.25, 0.3) is 0 Å². The number of amides is 2. The number of benzene rings is 1. The second-order valence-corrected chi connectivity index (χ2v) is 5.96. The van der Waals surface area contributed by atoms with E-state index in [-0.39, 0.29) is 12.1 Å². The number of halogens is 1. The van der Waals surface area contributed by atoms with Crippen molar-refractivity contribution in [2.24, 2.45) is 5.92 Å². The van der Waals surface area contributed by atoms with E-state index in [1.807, 2.05) is 18.7 Å². The van der Waals surface area contributed by atoms with Gasteiger partial charge in [-0.25, -0.2) is 4.79 Å². The van der Waals surface area contributed by atoms with Crippen molar-refractivity contribution < 1.29 is 9.53 Å². The number of carbonyl (C=O) groups excluding carboxylic acids is 1. The van der Waals surface area contributed by atoms with Crippen molar-refractivity contribution in [3.63, 3.8) is 0 Å². The van der Waals surface area contributed by atoms with E-state index in [0.29, 0.717) is 22.4 Å². The van der Waals surface area contributed by atoms with Crippen molar-refractivity contribution in [2.45, 2.75) is 33.3 Å². The SMILES string of the molecule is CC1CCN(C(=O)Nc2cccc(Cl)c2OC(C)C)C1. The standard InChI is InChI=1S/C15H21ClN2O2/c1-10(2)20-14-12(16)5-4-6-13(14)17-15(19)18-8-7-11(3)9-18/h4-6,10-11H,7-9H2,1-3H3,(H,17,19). The van der Waals surface area contributed by atoms with Crippen molar-refractivity contribution >= 4 is 23.3 Å². The van der Waals surface area contributed by atoms with Crippen LogP contribution in [0.1, 0.15) is 27.2 Å². The number of nitrogens with one attached hydrogen (secondary N) is 1. The summed E-state index contributed by atoms with van der Waals surface area (Å²) in [4.78, 5) is 14.0. The molecule has 2 amide bonds. The molecule has 0 aromatic heterocycles. The summed E-state index contributed by atoms with van der Waals surface area (Å²) < 4.78 is 5.70. The van der Waals surface area contributed by atoms with E-state index in [4.69, 9.17) is 16.3 Å². The van der Waals surface area contributed by atoms with Crippen molar-refractivity contribution in [3.05, 3.63) is 23.2 Å². The maximum Gasteiger partial charge on any atom is 0.321 e. The van der Waals surface area contributed by atoms with Gasteiger partial charge < -0.3 is 15.0 Å². The predicted octanol–water partition coefficient (Wildman–Crippen LogP) is 4.00. The van der Waals surface area contributed by atoms with Gasteiger partial charge in [0.25, 0.3) is 0 Å². The molecule has 1 heterocycles. The Morgan fingerprint density at radius 2 is 2.25 bits per heavy atom. The van der Waals surface area contributed by atoms with Gasteiger partial charge in [-0.3, -0.25) is 0 Å². The first-order chi connectivity index (χ1) is 9.47. The summed E-state index contributed by atoms with van der Waals surface area (Å²) in [6.45, 7) is 7.61. The zero-order valence-electron chi connectivity index (χ0n) is 12.1. The van der Waals surface area contributed by atoms with E-state index < -0.39 is 0 Å². The molecule has 1 atom stereocenters. The molecule has 5 heteroatoms. The monoisotopic (exact) mass is 296 g/mol. The molecule has 1 saturated heterocycles. The number of nitrogens with zero attached hydrogens (tertiary/aromatic N) is 1. The van der Waals surface area contributed by atoms with E-state index in [1.54, 1.807) is 18.2 Å². The van der Waals surface area contributed by atoms with Crippen LogP contribution in [0.4, 0.5) is 10.5 Å². The molecule has 0 aliphatic carbocycles. The summed E-state index contributed by atoms with van der Waals surface area (Å²) in [5.74, 6) is 1.09. The minimum Gasteiger partial charge on any atom is -0.487 e. The van der Waals surface area contributed by atoms with Gasteiger partial charge in [-0.15, -0.1) is 0 Å². The lowest BCUT2D eigenvalue weighted by Gasteiger charge is -2.20. The first kappa shape index (κ1) is 15.0. The number of hydrogen-bond donors (Lipinski definition) is 1. The molecule has 0 radical (unpaired) electrons. The van der Waals surface area contributed by atoms with Gasteiger partial charge >= 0.3 is 6.03 Å². The fourth-order valence-electron chi connectivity index (χ4n) is 2.28. The Kier molecular flexibility index (Phi) is 4.76. The highest BCUT2D eigenvalue weighted by Gasteiger charge is 2.24. The van der Waals surface area contributed by atoms with E-state index >= 15 is 0 Å². The van der Waals surface area contributed by atoms with Gasteiger partial charge in [0.1, 0.15) is 0 Å². The molecular formula is C15H21ClN2O2. The number of likely N-dealkylation sites (tertiary alicyclic amines) is 1. The smallest absolute Gasteiger partial charge is 0.321 e. The average molecular weight is 297 g/mol. The number of hydrogen-bond acceptors (Lipinski definition) is 2. The summed E-state index contributed by atoms with van der Waals surface area (Å²) in [6, 6.07) is 5.27. The highest BCUT2D eigenvalue weighted by atomic mass is 35.5. The normalized spacial score (nSPS) is 18.4. The molecule has 0 bridgehead atoms. The van der Waals surface area contributed by atoms with Crippen LogP contribution in [-0.2, 0) is 0 Å². The molecule has 1 fully saturated rings. The van der Waals surface area contributed by atoms with E-state index in [1.165, 1.54) is 0 Å². The van der Waals surface area contributed by atoms with E-state index in [2.05, 4.69) is 12.2 Å². The average Bonchev–Trinajstić information content (AvgIpc) is 2.80. The van der Waals surface area contributed by atoms with Crippen molar-refractivity contribution in [3.8, 4) is 5.75 Å². The molecule has 1 aliphatic rings. The lowest BCUT2D eigenvalue weighted by molar-refractivity contribution is 0.220. The first-order valence-corrected chi connectivity index (χ1v) is 7.36. The molecule has 1 aromatic rings. The van der Waals surface area contributed by atoms with Gasteiger partial charge in [0, 0.05) is 13.1 Å². The highest BCUT2D eigenvalue weighted by molar-refractivity contribution is 6.32. The summed E-state index contributed by atoms with van der Waals surface area (Å²) in [7, 11) is 0. The van der Waals surface area contributed by atoms with Gasteiger partial charge in [0.2, 0.25) is 0 Å². The zero-order chi connectivity index (χ0) is 14.7. The third kappa shape index (κ3) is 3.57. The van der Waals surface area contributed by atoms with Gasteiger partial charge in [-0.05, 0) is 38.3 Å². The number of carbonyl (C=O) groups is 1. The molecule has 4 nitrogen and oxygen atoms in total. The number of para-hydroxylation sites is 1. The number of urea groups is 1. The number of anilines is 1. The second kappa shape index (κ2) is 6.35. The Labute approximate surface area is 125 Å². The summed E-state index contributed by atoms with van der Waals surface area (Å²) in [5.41, 5.74) is 0.621. The van der Waals surface area contributed by atoms with Crippen LogP contribution >= 0.6 is 11.6 Å². The third-order valence-electron chi connectivity index (χ3n) is 3.27. The van der Waals surface area contributed by atoms with Crippen LogP contribution < -0.4 is 10.1 Å². The highest BCUT2D eigenvalue weighted by Crippen LogP contribution is 2.34. The van der Waals surface area contributed by atoms with Crippen LogP contribution in [-0.4, -0.2) is 30.1 Å². The number of ether oxygens (including phenoxy) is 1. The van der Waals surface area contributed by atoms with Crippen LogP contribution in [0, 0.1) is 5.92 Å². The molecule has 1 N–H and O–H groups in total.